The Balaban J connectivity index is 2.38. The second-order valence-corrected chi connectivity index (χ2v) is 5.30. The lowest BCUT2D eigenvalue weighted by Gasteiger charge is -2.18. The summed E-state index contributed by atoms with van der Waals surface area (Å²) in [6.45, 7) is 9.29. The molecule has 1 aromatic rings. The lowest BCUT2D eigenvalue weighted by Crippen LogP contribution is -2.21. The third-order valence-corrected chi connectivity index (χ3v) is 2.84. The number of rotatable bonds is 9. The highest BCUT2D eigenvalue weighted by Gasteiger charge is 2.10. The summed E-state index contributed by atoms with van der Waals surface area (Å²) in [5.41, 5.74) is 2.48. The maximum Gasteiger partial charge on any atom is 0.0950 e. The van der Waals surface area contributed by atoms with Crippen LogP contribution >= 0.6 is 0 Å². The predicted molar refractivity (Wildman–Crippen MR) is 79.5 cm³/mol. The largest absolute Gasteiger partial charge is 0.379 e. The average molecular weight is 265 g/mol. The first-order valence-electron chi connectivity index (χ1n) is 7.04. The van der Waals surface area contributed by atoms with Crippen molar-refractivity contribution in [2.75, 3.05) is 33.4 Å². The molecule has 0 saturated heterocycles. The molecule has 0 heterocycles. The van der Waals surface area contributed by atoms with Crippen LogP contribution in [0, 0.1) is 12.8 Å². The van der Waals surface area contributed by atoms with Gasteiger partial charge in [-0.3, -0.25) is 0 Å². The van der Waals surface area contributed by atoms with Gasteiger partial charge in [-0.2, -0.15) is 0 Å². The van der Waals surface area contributed by atoms with Crippen LogP contribution in [0.15, 0.2) is 24.3 Å². The number of likely N-dealkylation sites (N-methyl/N-ethyl adjacent to an activating group) is 1. The summed E-state index contributed by atoms with van der Waals surface area (Å²) in [6, 6.07) is 8.51. The van der Waals surface area contributed by atoms with E-state index in [0.717, 1.165) is 13.2 Å². The number of hydrogen-bond donors (Lipinski definition) is 1. The predicted octanol–water partition coefficient (Wildman–Crippen LogP) is 2.94. The Labute approximate surface area is 117 Å². The minimum atomic E-state index is 0.0910. The summed E-state index contributed by atoms with van der Waals surface area (Å²) in [5.74, 6) is 0.574. The summed E-state index contributed by atoms with van der Waals surface area (Å²) in [4.78, 5) is 0. The highest BCUT2D eigenvalue weighted by Crippen LogP contribution is 2.17. The molecule has 19 heavy (non-hydrogen) atoms. The van der Waals surface area contributed by atoms with E-state index in [4.69, 9.17) is 9.47 Å². The van der Waals surface area contributed by atoms with Crippen molar-refractivity contribution in [2.24, 2.45) is 5.92 Å². The van der Waals surface area contributed by atoms with Crippen LogP contribution in [-0.4, -0.2) is 33.4 Å². The minimum Gasteiger partial charge on any atom is -0.379 e. The molecule has 0 amide bonds. The summed E-state index contributed by atoms with van der Waals surface area (Å²) >= 11 is 0. The second kappa shape index (κ2) is 9.08. The number of hydrogen-bond acceptors (Lipinski definition) is 3. The van der Waals surface area contributed by atoms with Crippen molar-refractivity contribution in [3.63, 3.8) is 0 Å². The third-order valence-electron chi connectivity index (χ3n) is 2.84. The number of ether oxygens (including phenoxy) is 2. The van der Waals surface area contributed by atoms with Crippen molar-refractivity contribution in [1.82, 2.24) is 5.32 Å². The molecule has 1 unspecified atom stereocenters. The van der Waals surface area contributed by atoms with Crippen molar-refractivity contribution in [3.05, 3.63) is 35.4 Å². The van der Waals surface area contributed by atoms with Gasteiger partial charge in [0.1, 0.15) is 0 Å². The van der Waals surface area contributed by atoms with E-state index in [1.165, 1.54) is 11.1 Å². The molecule has 0 spiro atoms. The summed E-state index contributed by atoms with van der Waals surface area (Å²) < 4.78 is 11.4. The Bertz CT molecular complexity index is 335. The van der Waals surface area contributed by atoms with Gasteiger partial charge in [0, 0.05) is 13.2 Å². The zero-order chi connectivity index (χ0) is 14.1. The molecule has 0 aliphatic heterocycles. The van der Waals surface area contributed by atoms with Crippen LogP contribution in [0.1, 0.15) is 31.1 Å². The van der Waals surface area contributed by atoms with Crippen molar-refractivity contribution < 1.29 is 9.47 Å². The molecule has 1 rings (SSSR count). The molecule has 108 valence electrons. The Morgan fingerprint density at radius 1 is 1.11 bits per heavy atom. The van der Waals surface area contributed by atoms with E-state index in [2.05, 4.69) is 50.4 Å². The third kappa shape index (κ3) is 6.71. The summed E-state index contributed by atoms with van der Waals surface area (Å²) in [7, 11) is 1.94. The zero-order valence-corrected chi connectivity index (χ0v) is 12.6. The fraction of sp³-hybridized carbons (Fsp3) is 0.625. The number of aryl methyl sites for hydroxylation is 1. The van der Waals surface area contributed by atoms with Crippen LogP contribution in [0.3, 0.4) is 0 Å². The average Bonchev–Trinajstić information content (AvgIpc) is 2.38. The van der Waals surface area contributed by atoms with Crippen LogP contribution in [0.25, 0.3) is 0 Å². The van der Waals surface area contributed by atoms with Crippen LogP contribution in [0.4, 0.5) is 0 Å². The molecule has 0 saturated carbocycles. The van der Waals surface area contributed by atoms with Gasteiger partial charge in [-0.25, -0.2) is 0 Å². The monoisotopic (exact) mass is 265 g/mol. The van der Waals surface area contributed by atoms with E-state index in [1.54, 1.807) is 0 Å². The van der Waals surface area contributed by atoms with E-state index < -0.39 is 0 Å². The van der Waals surface area contributed by atoms with Gasteiger partial charge in [-0.05, 0) is 25.5 Å². The van der Waals surface area contributed by atoms with E-state index in [9.17, 15) is 0 Å². The normalized spacial score (nSPS) is 12.9. The highest BCUT2D eigenvalue weighted by atomic mass is 16.5. The van der Waals surface area contributed by atoms with Gasteiger partial charge in [-0.15, -0.1) is 0 Å². The number of benzene rings is 1. The first-order chi connectivity index (χ1) is 9.13. The highest BCUT2D eigenvalue weighted by molar-refractivity contribution is 5.23. The maximum atomic E-state index is 5.90. The molecule has 1 aromatic carbocycles. The molecule has 0 aromatic heterocycles. The molecular formula is C16H27NO2. The van der Waals surface area contributed by atoms with Crippen LogP contribution < -0.4 is 5.32 Å². The van der Waals surface area contributed by atoms with Gasteiger partial charge in [0.15, 0.2) is 0 Å². The van der Waals surface area contributed by atoms with Gasteiger partial charge in [-0.1, -0.05) is 43.7 Å². The van der Waals surface area contributed by atoms with Crippen molar-refractivity contribution in [2.45, 2.75) is 26.9 Å². The van der Waals surface area contributed by atoms with Crippen molar-refractivity contribution in [1.29, 1.82) is 0 Å². The quantitative estimate of drug-likeness (QED) is 0.696. The zero-order valence-electron chi connectivity index (χ0n) is 12.6. The Morgan fingerprint density at radius 3 is 2.37 bits per heavy atom. The molecule has 0 aliphatic rings. The van der Waals surface area contributed by atoms with Gasteiger partial charge in [0.25, 0.3) is 0 Å². The molecule has 1 N–H and O–H groups in total. The molecule has 0 bridgehead atoms. The summed E-state index contributed by atoms with van der Waals surface area (Å²) in [6.07, 6.45) is 0.0910. The molecule has 0 radical (unpaired) electrons. The molecule has 0 aliphatic carbocycles. The van der Waals surface area contributed by atoms with Gasteiger partial charge in [0.2, 0.25) is 0 Å². The van der Waals surface area contributed by atoms with E-state index in [1.807, 2.05) is 7.05 Å². The van der Waals surface area contributed by atoms with E-state index >= 15 is 0 Å². The maximum absolute atomic E-state index is 5.90. The molecule has 3 heteroatoms. The van der Waals surface area contributed by atoms with Crippen molar-refractivity contribution >= 4 is 0 Å². The van der Waals surface area contributed by atoms with E-state index in [0.29, 0.717) is 19.1 Å². The van der Waals surface area contributed by atoms with Gasteiger partial charge in [0.05, 0.1) is 19.3 Å². The Hall–Kier alpha value is -0.900. The fourth-order valence-electron chi connectivity index (χ4n) is 1.81. The first kappa shape index (κ1) is 16.2. The second-order valence-electron chi connectivity index (χ2n) is 5.30. The Kier molecular flexibility index (Phi) is 7.72. The van der Waals surface area contributed by atoms with Crippen LogP contribution in [0.2, 0.25) is 0 Å². The Morgan fingerprint density at radius 2 is 1.79 bits per heavy atom. The smallest absolute Gasteiger partial charge is 0.0950 e. The molecular weight excluding hydrogens is 238 g/mol. The summed E-state index contributed by atoms with van der Waals surface area (Å²) in [5, 5.41) is 3.17. The topological polar surface area (TPSA) is 30.5 Å². The minimum absolute atomic E-state index is 0.0910. The standard InChI is InChI=1S/C16H27NO2/c1-13(2)12-18-9-10-19-16(11-17-4)15-7-5-14(3)6-8-15/h5-8,13,16-17H,9-12H2,1-4H3. The van der Waals surface area contributed by atoms with Gasteiger partial charge >= 0.3 is 0 Å². The molecule has 3 nitrogen and oxygen atoms in total. The molecule has 0 fully saturated rings. The lowest BCUT2D eigenvalue weighted by molar-refractivity contribution is -0.000664. The fourth-order valence-corrected chi connectivity index (χ4v) is 1.81. The van der Waals surface area contributed by atoms with Crippen LogP contribution in [-0.2, 0) is 9.47 Å². The SMILES string of the molecule is CNCC(OCCOCC(C)C)c1ccc(C)cc1. The number of nitrogens with one attached hydrogen (secondary N) is 1. The van der Waals surface area contributed by atoms with E-state index in [-0.39, 0.29) is 6.10 Å². The molecule has 1 atom stereocenters. The van der Waals surface area contributed by atoms with Crippen LogP contribution in [0.5, 0.6) is 0 Å². The van der Waals surface area contributed by atoms with Crippen molar-refractivity contribution in [3.8, 4) is 0 Å². The lowest BCUT2D eigenvalue weighted by atomic mass is 10.1. The first-order valence-corrected chi connectivity index (χ1v) is 7.04. The van der Waals surface area contributed by atoms with Gasteiger partial charge < -0.3 is 14.8 Å².